The minimum atomic E-state index is -0.298. The van der Waals surface area contributed by atoms with Gasteiger partial charge >= 0.3 is 0 Å². The Morgan fingerprint density at radius 3 is 2.95 bits per heavy atom. The molecule has 1 aromatic carbocycles. The second-order valence-corrected chi connectivity index (χ2v) is 5.06. The summed E-state index contributed by atoms with van der Waals surface area (Å²) in [6.45, 7) is 3.43. The van der Waals surface area contributed by atoms with Crippen molar-refractivity contribution < 1.29 is 13.9 Å². The molecule has 110 valence electrons. The summed E-state index contributed by atoms with van der Waals surface area (Å²) >= 11 is 0. The molecule has 5 heteroatoms. The van der Waals surface area contributed by atoms with Crippen LogP contribution in [0.2, 0.25) is 0 Å². The van der Waals surface area contributed by atoms with Gasteiger partial charge < -0.3 is 15.4 Å². The van der Waals surface area contributed by atoms with Crippen molar-refractivity contribution in [2.24, 2.45) is 0 Å². The normalized spacial score (nSPS) is 14.1. The van der Waals surface area contributed by atoms with Gasteiger partial charge in [-0.1, -0.05) is 6.92 Å². The van der Waals surface area contributed by atoms with Crippen LogP contribution in [0, 0.1) is 5.82 Å². The summed E-state index contributed by atoms with van der Waals surface area (Å²) in [5.41, 5.74) is 0.734. The molecule has 0 aromatic heterocycles. The smallest absolute Gasteiger partial charge is 0.258 e. The lowest BCUT2D eigenvalue weighted by atomic mass is 10.2. The van der Waals surface area contributed by atoms with Crippen LogP contribution in [0.4, 0.5) is 4.39 Å². The Balaban J connectivity index is 1.89. The van der Waals surface area contributed by atoms with Crippen molar-refractivity contribution in [3.05, 3.63) is 29.6 Å². The van der Waals surface area contributed by atoms with E-state index in [1.165, 1.54) is 12.1 Å². The number of rotatable bonds is 8. The first-order valence-electron chi connectivity index (χ1n) is 7.10. The maximum absolute atomic E-state index is 13.3. The number of hydrogen-bond acceptors (Lipinski definition) is 3. The maximum Gasteiger partial charge on any atom is 0.258 e. The fourth-order valence-corrected chi connectivity index (χ4v) is 1.87. The standard InChI is InChI=1S/C15H21FN2O2/c1-2-7-17-9-11-8-12(16)3-6-14(11)20-10-15(19)18-13-4-5-13/h3,6,8,13,17H,2,4-5,7,9-10H2,1H3,(H,18,19). The van der Waals surface area contributed by atoms with Gasteiger partial charge in [0.25, 0.3) is 5.91 Å². The number of nitrogens with one attached hydrogen (secondary N) is 2. The van der Waals surface area contributed by atoms with Gasteiger partial charge in [0.15, 0.2) is 6.61 Å². The summed E-state index contributed by atoms with van der Waals surface area (Å²) < 4.78 is 18.8. The third-order valence-corrected chi connectivity index (χ3v) is 3.07. The van der Waals surface area contributed by atoms with Gasteiger partial charge in [-0.15, -0.1) is 0 Å². The van der Waals surface area contributed by atoms with E-state index in [9.17, 15) is 9.18 Å². The van der Waals surface area contributed by atoms with Gasteiger partial charge in [0, 0.05) is 18.2 Å². The predicted octanol–water partition coefficient (Wildman–Crippen LogP) is 1.98. The Bertz CT molecular complexity index is 461. The zero-order valence-corrected chi connectivity index (χ0v) is 11.7. The van der Waals surface area contributed by atoms with Crippen molar-refractivity contribution in [3.63, 3.8) is 0 Å². The second-order valence-electron chi connectivity index (χ2n) is 5.06. The highest BCUT2D eigenvalue weighted by molar-refractivity contribution is 5.78. The molecule has 1 aliphatic carbocycles. The van der Waals surface area contributed by atoms with E-state index >= 15 is 0 Å². The molecule has 0 bridgehead atoms. The van der Waals surface area contributed by atoms with Crippen molar-refractivity contribution in [1.29, 1.82) is 0 Å². The highest BCUT2D eigenvalue weighted by Gasteiger charge is 2.23. The van der Waals surface area contributed by atoms with Gasteiger partial charge in [0.2, 0.25) is 0 Å². The Morgan fingerprint density at radius 1 is 1.45 bits per heavy atom. The first-order chi connectivity index (χ1) is 9.69. The average molecular weight is 280 g/mol. The molecule has 1 saturated carbocycles. The molecule has 1 amide bonds. The minimum Gasteiger partial charge on any atom is -0.483 e. The molecule has 2 rings (SSSR count). The Kier molecular flexibility index (Phi) is 5.35. The number of halogens is 1. The number of carbonyl (C=O) groups is 1. The van der Waals surface area contributed by atoms with E-state index in [-0.39, 0.29) is 18.3 Å². The van der Waals surface area contributed by atoms with Crippen molar-refractivity contribution >= 4 is 5.91 Å². The molecule has 1 fully saturated rings. The molecular formula is C15H21FN2O2. The van der Waals surface area contributed by atoms with E-state index in [4.69, 9.17) is 4.74 Å². The lowest BCUT2D eigenvalue weighted by Gasteiger charge is -2.12. The summed E-state index contributed by atoms with van der Waals surface area (Å²) in [7, 11) is 0. The molecule has 0 unspecified atom stereocenters. The van der Waals surface area contributed by atoms with Crippen LogP contribution in [-0.2, 0) is 11.3 Å². The zero-order valence-electron chi connectivity index (χ0n) is 11.7. The van der Waals surface area contributed by atoms with Crippen LogP contribution in [0.25, 0.3) is 0 Å². The van der Waals surface area contributed by atoms with Crippen molar-refractivity contribution in [3.8, 4) is 5.75 Å². The SMILES string of the molecule is CCCNCc1cc(F)ccc1OCC(=O)NC1CC1. The van der Waals surface area contributed by atoms with E-state index in [0.29, 0.717) is 18.3 Å². The number of amides is 1. The summed E-state index contributed by atoms with van der Waals surface area (Å²) in [5, 5.41) is 6.06. The molecule has 0 spiro atoms. The molecule has 4 nitrogen and oxygen atoms in total. The lowest BCUT2D eigenvalue weighted by molar-refractivity contribution is -0.123. The molecule has 20 heavy (non-hydrogen) atoms. The number of hydrogen-bond donors (Lipinski definition) is 2. The predicted molar refractivity (Wildman–Crippen MR) is 75.1 cm³/mol. The molecule has 0 heterocycles. The van der Waals surface area contributed by atoms with Gasteiger partial charge in [-0.2, -0.15) is 0 Å². The molecule has 1 aliphatic rings. The lowest BCUT2D eigenvalue weighted by Crippen LogP contribution is -2.30. The van der Waals surface area contributed by atoms with Crippen LogP contribution in [-0.4, -0.2) is 25.1 Å². The molecule has 0 radical (unpaired) electrons. The van der Waals surface area contributed by atoms with Crippen LogP contribution in [0.5, 0.6) is 5.75 Å². The van der Waals surface area contributed by atoms with E-state index in [2.05, 4.69) is 17.6 Å². The number of carbonyl (C=O) groups excluding carboxylic acids is 1. The summed E-state index contributed by atoms with van der Waals surface area (Å²) in [6, 6.07) is 4.68. The van der Waals surface area contributed by atoms with E-state index < -0.39 is 0 Å². The quantitative estimate of drug-likeness (QED) is 0.716. The van der Waals surface area contributed by atoms with Gasteiger partial charge in [-0.25, -0.2) is 4.39 Å². The third-order valence-electron chi connectivity index (χ3n) is 3.07. The van der Waals surface area contributed by atoms with Crippen molar-refractivity contribution in [2.45, 2.75) is 38.8 Å². The van der Waals surface area contributed by atoms with Crippen LogP contribution in [0.1, 0.15) is 31.7 Å². The van der Waals surface area contributed by atoms with Crippen LogP contribution in [0.15, 0.2) is 18.2 Å². The molecule has 1 aromatic rings. The van der Waals surface area contributed by atoms with Crippen molar-refractivity contribution in [2.75, 3.05) is 13.2 Å². The fraction of sp³-hybridized carbons (Fsp3) is 0.533. The molecule has 0 saturated heterocycles. The van der Waals surface area contributed by atoms with Gasteiger partial charge in [0.05, 0.1) is 0 Å². The average Bonchev–Trinajstić information content (AvgIpc) is 3.22. The summed E-state index contributed by atoms with van der Waals surface area (Å²) in [4.78, 5) is 11.6. The van der Waals surface area contributed by atoms with Gasteiger partial charge in [0.1, 0.15) is 11.6 Å². The topological polar surface area (TPSA) is 50.4 Å². The Hall–Kier alpha value is -1.62. The third kappa shape index (κ3) is 4.81. The molecular weight excluding hydrogens is 259 g/mol. The monoisotopic (exact) mass is 280 g/mol. The summed E-state index contributed by atoms with van der Waals surface area (Å²) in [6.07, 6.45) is 3.11. The van der Waals surface area contributed by atoms with Crippen molar-refractivity contribution in [1.82, 2.24) is 10.6 Å². The summed E-state index contributed by atoms with van der Waals surface area (Å²) in [5.74, 6) is 0.137. The fourth-order valence-electron chi connectivity index (χ4n) is 1.87. The molecule has 0 aliphatic heterocycles. The van der Waals surface area contributed by atoms with Gasteiger partial charge in [-0.3, -0.25) is 4.79 Å². The van der Waals surface area contributed by atoms with Crippen LogP contribution >= 0.6 is 0 Å². The zero-order chi connectivity index (χ0) is 14.4. The highest BCUT2D eigenvalue weighted by Crippen LogP contribution is 2.20. The second kappa shape index (κ2) is 7.24. The van der Waals surface area contributed by atoms with E-state index in [1.807, 2.05) is 0 Å². The Labute approximate surface area is 118 Å². The first-order valence-corrected chi connectivity index (χ1v) is 7.10. The Morgan fingerprint density at radius 2 is 2.25 bits per heavy atom. The maximum atomic E-state index is 13.3. The molecule has 2 N–H and O–H groups in total. The van der Waals surface area contributed by atoms with Crippen LogP contribution in [0.3, 0.4) is 0 Å². The largest absolute Gasteiger partial charge is 0.483 e. The number of benzene rings is 1. The van der Waals surface area contributed by atoms with Gasteiger partial charge in [-0.05, 0) is 44.0 Å². The van der Waals surface area contributed by atoms with E-state index in [0.717, 1.165) is 31.4 Å². The van der Waals surface area contributed by atoms with E-state index in [1.54, 1.807) is 6.07 Å². The first kappa shape index (κ1) is 14.8. The highest BCUT2D eigenvalue weighted by atomic mass is 19.1. The minimum absolute atomic E-state index is 0.0249. The van der Waals surface area contributed by atoms with Crippen LogP contribution < -0.4 is 15.4 Å². The molecule has 0 atom stereocenters. The number of ether oxygens (including phenoxy) is 1.